The van der Waals surface area contributed by atoms with E-state index in [1.165, 1.54) is 13.2 Å². The Hall–Kier alpha value is -1.31. The monoisotopic (exact) mass is 319 g/mol. The molecule has 20 heavy (non-hydrogen) atoms. The summed E-state index contributed by atoms with van der Waals surface area (Å²) < 4.78 is 33.3. The van der Waals surface area contributed by atoms with Gasteiger partial charge in [-0.15, -0.1) is 0 Å². The van der Waals surface area contributed by atoms with Gasteiger partial charge in [0.15, 0.2) is 5.75 Å². The summed E-state index contributed by atoms with van der Waals surface area (Å²) in [5.74, 6) is -0.819. The van der Waals surface area contributed by atoms with E-state index in [-0.39, 0.29) is 27.3 Å². The first kappa shape index (κ1) is 15.1. The number of esters is 1. The fourth-order valence-corrected chi connectivity index (χ4v) is 2.87. The summed E-state index contributed by atoms with van der Waals surface area (Å²) in [6, 6.07) is 2.44. The van der Waals surface area contributed by atoms with Crippen molar-refractivity contribution in [2.24, 2.45) is 5.14 Å². The third-order valence-electron chi connectivity index (χ3n) is 3.08. The van der Waals surface area contributed by atoms with Gasteiger partial charge in [0.05, 0.1) is 7.11 Å². The van der Waals surface area contributed by atoms with Crippen LogP contribution in [0.25, 0.3) is 0 Å². The molecule has 110 valence electrons. The number of primary sulfonamides is 1. The topological polar surface area (TPSA) is 95.7 Å². The largest absolute Gasteiger partial charge is 0.494 e. The minimum absolute atomic E-state index is 0.0454. The Labute approximate surface area is 121 Å². The Morgan fingerprint density at radius 3 is 2.50 bits per heavy atom. The van der Waals surface area contributed by atoms with Crippen LogP contribution in [-0.2, 0) is 14.8 Å². The number of sulfonamides is 1. The lowest BCUT2D eigenvalue weighted by Gasteiger charge is -2.25. The number of nitrogens with two attached hydrogens (primary N) is 1. The van der Waals surface area contributed by atoms with Gasteiger partial charge in [-0.3, -0.25) is 0 Å². The van der Waals surface area contributed by atoms with Crippen molar-refractivity contribution in [3.05, 3.63) is 22.7 Å². The van der Waals surface area contributed by atoms with Crippen molar-refractivity contribution in [2.45, 2.75) is 30.3 Å². The molecule has 0 heterocycles. The Morgan fingerprint density at radius 1 is 1.40 bits per heavy atom. The number of methoxy groups -OCH3 is 1. The van der Waals surface area contributed by atoms with Crippen molar-refractivity contribution in [3.8, 4) is 5.75 Å². The highest BCUT2D eigenvalue weighted by Crippen LogP contribution is 2.33. The second kappa shape index (κ2) is 5.59. The summed E-state index contributed by atoms with van der Waals surface area (Å²) >= 11 is 5.83. The number of hydrogen-bond acceptors (Lipinski definition) is 5. The van der Waals surface area contributed by atoms with Gasteiger partial charge >= 0.3 is 5.97 Å². The fraction of sp³-hybridized carbons (Fsp3) is 0.417. The fourth-order valence-electron chi connectivity index (χ4n) is 1.85. The van der Waals surface area contributed by atoms with Crippen LogP contribution in [0.5, 0.6) is 5.75 Å². The van der Waals surface area contributed by atoms with Gasteiger partial charge in [-0.1, -0.05) is 11.6 Å². The van der Waals surface area contributed by atoms with E-state index in [0.717, 1.165) is 25.3 Å². The zero-order chi connectivity index (χ0) is 14.9. The molecule has 0 radical (unpaired) electrons. The predicted octanol–water partition coefficient (Wildman–Crippen LogP) is 1.71. The van der Waals surface area contributed by atoms with E-state index >= 15 is 0 Å². The number of benzene rings is 1. The van der Waals surface area contributed by atoms with Crippen LogP contribution in [-0.4, -0.2) is 27.6 Å². The molecule has 0 aliphatic heterocycles. The molecular weight excluding hydrogens is 306 g/mol. The minimum Gasteiger partial charge on any atom is -0.494 e. The van der Waals surface area contributed by atoms with Gasteiger partial charge in [0.2, 0.25) is 10.0 Å². The lowest BCUT2D eigenvalue weighted by atomic mass is 9.96. The second-order valence-corrected chi connectivity index (χ2v) is 6.45. The van der Waals surface area contributed by atoms with Crippen LogP contribution >= 0.6 is 11.6 Å². The standard InChI is InChI=1S/C12H14ClNO5S/c1-18-11-9(12(15)19-8-3-2-4-8)5-7(13)6-10(11)20(14,16)17/h5-6,8H,2-4H2,1H3,(H2,14,16,17). The number of rotatable bonds is 4. The average molecular weight is 320 g/mol. The molecule has 0 spiro atoms. The summed E-state index contributed by atoms with van der Waals surface area (Å²) in [7, 11) is -2.81. The van der Waals surface area contributed by atoms with Gasteiger partial charge in [0.25, 0.3) is 0 Å². The van der Waals surface area contributed by atoms with Crippen LogP contribution in [0.2, 0.25) is 5.02 Å². The lowest BCUT2D eigenvalue weighted by molar-refractivity contribution is 0.00867. The van der Waals surface area contributed by atoms with E-state index < -0.39 is 16.0 Å². The molecular formula is C12H14ClNO5S. The second-order valence-electron chi connectivity index (χ2n) is 4.49. The van der Waals surface area contributed by atoms with Crippen molar-refractivity contribution in [1.82, 2.24) is 0 Å². The summed E-state index contributed by atoms with van der Waals surface area (Å²) in [6.45, 7) is 0. The Kier molecular flexibility index (Phi) is 4.22. The van der Waals surface area contributed by atoms with Crippen LogP contribution in [0, 0.1) is 0 Å². The molecule has 1 aliphatic rings. The first-order chi connectivity index (χ1) is 9.32. The number of carbonyl (C=O) groups is 1. The van der Waals surface area contributed by atoms with E-state index in [2.05, 4.69) is 0 Å². The number of halogens is 1. The van der Waals surface area contributed by atoms with E-state index in [9.17, 15) is 13.2 Å². The van der Waals surface area contributed by atoms with Crippen molar-refractivity contribution in [1.29, 1.82) is 0 Å². The molecule has 1 fully saturated rings. The highest BCUT2D eigenvalue weighted by atomic mass is 35.5. The Morgan fingerprint density at radius 2 is 2.05 bits per heavy atom. The van der Waals surface area contributed by atoms with Crippen molar-refractivity contribution < 1.29 is 22.7 Å². The quantitative estimate of drug-likeness (QED) is 0.852. The van der Waals surface area contributed by atoms with Gasteiger partial charge in [-0.2, -0.15) is 0 Å². The number of carbonyl (C=O) groups excluding carboxylic acids is 1. The van der Waals surface area contributed by atoms with E-state index in [0.29, 0.717) is 0 Å². The third kappa shape index (κ3) is 3.05. The summed E-state index contributed by atoms with van der Waals surface area (Å²) in [6.07, 6.45) is 2.48. The molecule has 1 aromatic carbocycles. The summed E-state index contributed by atoms with van der Waals surface area (Å²) in [5, 5.41) is 5.16. The van der Waals surface area contributed by atoms with Crippen LogP contribution in [0.1, 0.15) is 29.6 Å². The van der Waals surface area contributed by atoms with E-state index in [1.54, 1.807) is 0 Å². The van der Waals surface area contributed by atoms with Gasteiger partial charge in [-0.05, 0) is 31.4 Å². The summed E-state index contributed by atoms with van der Waals surface area (Å²) in [4.78, 5) is 11.7. The van der Waals surface area contributed by atoms with Gasteiger partial charge in [0, 0.05) is 5.02 Å². The Bertz CT molecular complexity index is 639. The first-order valence-corrected chi connectivity index (χ1v) is 7.86. The zero-order valence-corrected chi connectivity index (χ0v) is 12.3. The maximum absolute atomic E-state index is 12.1. The predicted molar refractivity (Wildman–Crippen MR) is 72.4 cm³/mol. The average Bonchev–Trinajstić information content (AvgIpc) is 2.31. The molecule has 6 nitrogen and oxygen atoms in total. The van der Waals surface area contributed by atoms with Crippen LogP contribution < -0.4 is 9.88 Å². The van der Waals surface area contributed by atoms with Crippen LogP contribution in [0.3, 0.4) is 0 Å². The highest BCUT2D eigenvalue weighted by Gasteiger charge is 2.28. The van der Waals surface area contributed by atoms with E-state index in [1.807, 2.05) is 0 Å². The molecule has 0 bridgehead atoms. The molecule has 0 unspecified atom stereocenters. The van der Waals surface area contributed by atoms with Gasteiger partial charge in [0.1, 0.15) is 16.6 Å². The molecule has 1 aromatic rings. The van der Waals surface area contributed by atoms with Gasteiger partial charge in [-0.25, -0.2) is 18.4 Å². The van der Waals surface area contributed by atoms with Crippen LogP contribution in [0.4, 0.5) is 0 Å². The van der Waals surface area contributed by atoms with Crippen molar-refractivity contribution in [2.75, 3.05) is 7.11 Å². The van der Waals surface area contributed by atoms with Gasteiger partial charge < -0.3 is 9.47 Å². The third-order valence-corrected chi connectivity index (χ3v) is 4.21. The van der Waals surface area contributed by atoms with Crippen molar-refractivity contribution in [3.63, 3.8) is 0 Å². The molecule has 2 rings (SSSR count). The molecule has 0 amide bonds. The molecule has 1 saturated carbocycles. The maximum Gasteiger partial charge on any atom is 0.342 e. The zero-order valence-electron chi connectivity index (χ0n) is 10.8. The Balaban J connectivity index is 2.45. The molecule has 0 aromatic heterocycles. The minimum atomic E-state index is -4.06. The smallest absolute Gasteiger partial charge is 0.342 e. The molecule has 1 aliphatic carbocycles. The normalized spacial score (nSPS) is 15.6. The molecule has 0 atom stereocenters. The summed E-state index contributed by atoms with van der Waals surface area (Å²) in [5.41, 5.74) is -0.0454. The van der Waals surface area contributed by atoms with E-state index in [4.69, 9.17) is 26.2 Å². The highest BCUT2D eigenvalue weighted by molar-refractivity contribution is 7.89. The maximum atomic E-state index is 12.1. The first-order valence-electron chi connectivity index (χ1n) is 5.94. The molecule has 8 heteroatoms. The number of hydrogen-bond donors (Lipinski definition) is 1. The molecule has 0 saturated heterocycles. The van der Waals surface area contributed by atoms with Crippen molar-refractivity contribution >= 4 is 27.6 Å². The SMILES string of the molecule is COc1c(C(=O)OC2CCC2)cc(Cl)cc1S(N)(=O)=O. The van der Waals surface area contributed by atoms with Crippen LogP contribution in [0.15, 0.2) is 17.0 Å². The number of ether oxygens (including phenoxy) is 2. The molecule has 2 N–H and O–H groups in total. The lowest BCUT2D eigenvalue weighted by Crippen LogP contribution is -2.25.